The van der Waals surface area contributed by atoms with E-state index in [1.54, 1.807) is 53.7 Å². The maximum absolute atomic E-state index is 12.6. The van der Waals surface area contributed by atoms with Crippen LogP contribution in [0.1, 0.15) is 17.4 Å². The van der Waals surface area contributed by atoms with Gasteiger partial charge in [-0.3, -0.25) is 0 Å². The zero-order chi connectivity index (χ0) is 17.2. The maximum Gasteiger partial charge on any atom is 0.251 e. The van der Waals surface area contributed by atoms with Gasteiger partial charge in [0.15, 0.2) is 0 Å². The molecule has 2 aromatic heterocycles. The van der Waals surface area contributed by atoms with E-state index in [-0.39, 0.29) is 4.21 Å². The molecule has 1 unspecified atom stereocenters. The average molecular weight is 363 g/mol. The van der Waals surface area contributed by atoms with Gasteiger partial charge in [-0.2, -0.15) is 4.72 Å². The summed E-state index contributed by atoms with van der Waals surface area (Å²) in [5.41, 5.74) is 0.783. The van der Waals surface area contributed by atoms with Crippen LogP contribution in [0.3, 0.4) is 0 Å². The number of hydrogen-bond donors (Lipinski definition) is 1. The Labute approximate surface area is 144 Å². The fourth-order valence-corrected chi connectivity index (χ4v) is 4.54. The van der Waals surface area contributed by atoms with E-state index in [1.807, 2.05) is 19.2 Å². The van der Waals surface area contributed by atoms with Gasteiger partial charge in [-0.1, -0.05) is 18.2 Å². The molecule has 0 aliphatic rings. The summed E-state index contributed by atoms with van der Waals surface area (Å²) in [6, 6.07) is 9.95. The molecule has 0 saturated heterocycles. The van der Waals surface area contributed by atoms with Gasteiger partial charge < -0.3 is 9.30 Å². The number of aromatic nitrogens is 2. The molecule has 1 N–H and O–H groups in total. The van der Waals surface area contributed by atoms with Gasteiger partial charge in [-0.15, -0.1) is 11.3 Å². The molecule has 3 aromatic rings. The van der Waals surface area contributed by atoms with Crippen LogP contribution in [0.4, 0.5) is 0 Å². The summed E-state index contributed by atoms with van der Waals surface area (Å²) >= 11 is 1.18. The monoisotopic (exact) mass is 363 g/mol. The summed E-state index contributed by atoms with van der Waals surface area (Å²) in [6.45, 7) is 0. The normalized spacial score (nSPS) is 12.9. The molecule has 0 aliphatic carbocycles. The van der Waals surface area contributed by atoms with Crippen molar-refractivity contribution in [2.24, 2.45) is 7.05 Å². The highest BCUT2D eigenvalue weighted by Gasteiger charge is 2.26. The number of benzene rings is 1. The molecule has 1 aromatic carbocycles. The molecule has 0 spiro atoms. The molecule has 3 rings (SSSR count). The summed E-state index contributed by atoms with van der Waals surface area (Å²) in [5, 5.41) is 1.73. The van der Waals surface area contributed by atoms with E-state index in [0.717, 1.165) is 5.56 Å². The van der Waals surface area contributed by atoms with Crippen LogP contribution in [0, 0.1) is 0 Å². The van der Waals surface area contributed by atoms with Gasteiger partial charge >= 0.3 is 0 Å². The van der Waals surface area contributed by atoms with Gasteiger partial charge in [-0.05, 0) is 29.1 Å². The Morgan fingerprint density at radius 2 is 2.00 bits per heavy atom. The van der Waals surface area contributed by atoms with Gasteiger partial charge in [0, 0.05) is 19.4 Å². The van der Waals surface area contributed by atoms with Crippen molar-refractivity contribution in [3.05, 3.63) is 65.6 Å². The number of aryl methyl sites for hydroxylation is 1. The predicted octanol–water partition coefficient (Wildman–Crippen LogP) is 2.56. The van der Waals surface area contributed by atoms with Gasteiger partial charge in [0.25, 0.3) is 10.0 Å². The third-order valence-corrected chi connectivity index (χ3v) is 6.42. The van der Waals surface area contributed by atoms with E-state index in [9.17, 15) is 8.42 Å². The van der Waals surface area contributed by atoms with Crippen LogP contribution in [-0.4, -0.2) is 25.1 Å². The number of ether oxygens (including phenoxy) is 1. The lowest BCUT2D eigenvalue weighted by molar-refractivity contribution is 0.414. The average Bonchev–Trinajstić information content (AvgIpc) is 3.25. The Kier molecular flexibility index (Phi) is 4.70. The molecule has 0 bridgehead atoms. The summed E-state index contributed by atoms with van der Waals surface area (Å²) in [7, 11) is -0.219. The number of nitrogens with zero attached hydrogens (tertiary/aromatic N) is 2. The van der Waals surface area contributed by atoms with Crippen molar-refractivity contribution in [2.75, 3.05) is 7.11 Å². The predicted molar refractivity (Wildman–Crippen MR) is 92.7 cm³/mol. The van der Waals surface area contributed by atoms with Crippen LogP contribution in [0.15, 0.2) is 58.4 Å². The minimum absolute atomic E-state index is 0.273. The number of rotatable bonds is 6. The van der Waals surface area contributed by atoms with E-state index in [0.29, 0.717) is 11.6 Å². The topological polar surface area (TPSA) is 73.2 Å². The lowest BCUT2D eigenvalue weighted by atomic mass is 10.1. The van der Waals surface area contributed by atoms with Gasteiger partial charge in [0.2, 0.25) is 0 Å². The second kappa shape index (κ2) is 6.76. The highest BCUT2D eigenvalue weighted by Crippen LogP contribution is 2.26. The van der Waals surface area contributed by atoms with E-state index >= 15 is 0 Å². The second-order valence-electron chi connectivity index (χ2n) is 5.16. The molecule has 8 heteroatoms. The largest absolute Gasteiger partial charge is 0.497 e. The summed E-state index contributed by atoms with van der Waals surface area (Å²) < 4.78 is 35.3. The molecule has 0 fully saturated rings. The van der Waals surface area contributed by atoms with Crippen molar-refractivity contribution >= 4 is 21.4 Å². The Morgan fingerprint density at radius 3 is 2.54 bits per heavy atom. The molecule has 0 saturated carbocycles. The molecule has 0 aliphatic heterocycles. The highest BCUT2D eigenvalue weighted by molar-refractivity contribution is 7.91. The number of thiophene rings is 1. The number of hydrogen-bond acceptors (Lipinski definition) is 5. The van der Waals surface area contributed by atoms with E-state index in [2.05, 4.69) is 9.71 Å². The van der Waals surface area contributed by atoms with Crippen LogP contribution >= 0.6 is 11.3 Å². The summed E-state index contributed by atoms with van der Waals surface area (Å²) in [6.07, 6.45) is 3.43. The Morgan fingerprint density at radius 1 is 1.25 bits per heavy atom. The fraction of sp³-hybridized carbons (Fsp3) is 0.188. The van der Waals surface area contributed by atoms with Crippen molar-refractivity contribution < 1.29 is 13.2 Å². The van der Waals surface area contributed by atoms with Gasteiger partial charge in [0.05, 0.1) is 7.11 Å². The molecule has 24 heavy (non-hydrogen) atoms. The van der Waals surface area contributed by atoms with Crippen molar-refractivity contribution in [2.45, 2.75) is 10.3 Å². The smallest absolute Gasteiger partial charge is 0.251 e. The lowest BCUT2D eigenvalue weighted by Gasteiger charge is -2.19. The van der Waals surface area contributed by atoms with Gasteiger partial charge in [0.1, 0.15) is 21.8 Å². The number of nitrogens with one attached hydrogen (secondary N) is 1. The minimum Gasteiger partial charge on any atom is -0.497 e. The summed E-state index contributed by atoms with van der Waals surface area (Å²) in [4.78, 5) is 4.31. The second-order valence-corrected chi connectivity index (χ2v) is 8.04. The number of sulfonamides is 1. The Balaban J connectivity index is 2.01. The molecule has 126 valence electrons. The standard InChI is InChI=1S/C16H17N3O3S2/c1-19-10-9-17-16(19)15(12-5-7-13(22-2)8-6-12)18-24(20,21)14-4-3-11-23-14/h3-11,15,18H,1-2H3. The maximum atomic E-state index is 12.6. The first kappa shape index (κ1) is 16.7. The van der Waals surface area contributed by atoms with Crippen molar-refractivity contribution in [3.8, 4) is 5.75 Å². The molecule has 2 heterocycles. The molecule has 1 atom stereocenters. The van der Waals surface area contributed by atoms with Crippen molar-refractivity contribution in [3.63, 3.8) is 0 Å². The van der Waals surface area contributed by atoms with E-state index in [4.69, 9.17) is 4.74 Å². The SMILES string of the molecule is COc1ccc(C(NS(=O)(=O)c2cccs2)c2nccn2C)cc1. The quantitative estimate of drug-likeness (QED) is 0.730. The van der Waals surface area contributed by atoms with Crippen LogP contribution < -0.4 is 9.46 Å². The highest BCUT2D eigenvalue weighted by atomic mass is 32.2. The number of methoxy groups -OCH3 is 1. The van der Waals surface area contributed by atoms with Crippen LogP contribution in [0.2, 0.25) is 0 Å². The van der Waals surface area contributed by atoms with E-state index < -0.39 is 16.1 Å². The molecule has 6 nitrogen and oxygen atoms in total. The fourth-order valence-electron chi connectivity index (χ4n) is 2.35. The van der Waals surface area contributed by atoms with Crippen molar-refractivity contribution in [1.82, 2.24) is 14.3 Å². The Hall–Kier alpha value is -2.16. The Bertz CT molecular complexity index is 900. The van der Waals surface area contributed by atoms with Crippen molar-refractivity contribution in [1.29, 1.82) is 0 Å². The first-order valence-electron chi connectivity index (χ1n) is 7.18. The van der Waals surface area contributed by atoms with Crippen LogP contribution in [0.25, 0.3) is 0 Å². The molecule has 0 amide bonds. The van der Waals surface area contributed by atoms with Crippen LogP contribution in [-0.2, 0) is 17.1 Å². The van der Waals surface area contributed by atoms with E-state index in [1.165, 1.54) is 11.3 Å². The summed E-state index contributed by atoms with van der Waals surface area (Å²) in [5.74, 6) is 1.32. The molecular weight excluding hydrogens is 346 g/mol. The van der Waals surface area contributed by atoms with Crippen LogP contribution in [0.5, 0.6) is 5.75 Å². The third-order valence-electron chi connectivity index (χ3n) is 3.60. The number of imidazole rings is 1. The zero-order valence-electron chi connectivity index (χ0n) is 13.2. The first-order valence-corrected chi connectivity index (χ1v) is 9.54. The third kappa shape index (κ3) is 3.35. The van der Waals surface area contributed by atoms with Gasteiger partial charge in [-0.25, -0.2) is 13.4 Å². The first-order chi connectivity index (χ1) is 11.5. The lowest BCUT2D eigenvalue weighted by Crippen LogP contribution is -2.30. The minimum atomic E-state index is -3.64. The molecule has 0 radical (unpaired) electrons. The molecular formula is C16H17N3O3S2. The zero-order valence-corrected chi connectivity index (χ0v) is 14.8.